The van der Waals surface area contributed by atoms with Gasteiger partial charge >= 0.3 is 6.18 Å². The van der Waals surface area contributed by atoms with Crippen LogP contribution in [0.1, 0.15) is 24.9 Å². The molecule has 6 heteroatoms. The van der Waals surface area contributed by atoms with Crippen LogP contribution in [-0.4, -0.2) is 26.3 Å². The minimum atomic E-state index is -4.27. The maximum absolute atomic E-state index is 14.0. The number of alkyl halides is 3. The van der Waals surface area contributed by atoms with Crippen molar-refractivity contribution in [3.63, 3.8) is 0 Å². The second kappa shape index (κ2) is 6.05. The first-order valence-electron chi connectivity index (χ1n) is 6.81. The Balaban J connectivity index is 2.29. The molecule has 2 nitrogen and oxygen atoms in total. The van der Waals surface area contributed by atoms with Crippen molar-refractivity contribution in [2.75, 3.05) is 25.0 Å². The summed E-state index contributed by atoms with van der Waals surface area (Å²) in [4.78, 5) is 1.78. The zero-order chi connectivity index (χ0) is 15.6. The van der Waals surface area contributed by atoms with E-state index >= 15 is 0 Å². The molecular formula is C15H18F4N2. The van der Waals surface area contributed by atoms with Gasteiger partial charge in [-0.15, -0.1) is 0 Å². The van der Waals surface area contributed by atoms with Gasteiger partial charge in [0.05, 0.1) is 0 Å². The first-order valence-corrected chi connectivity index (χ1v) is 6.81. The van der Waals surface area contributed by atoms with Crippen LogP contribution in [-0.2, 0) is 0 Å². The van der Waals surface area contributed by atoms with Gasteiger partial charge in [-0.3, -0.25) is 0 Å². The third-order valence-electron chi connectivity index (χ3n) is 3.81. The Morgan fingerprint density at radius 1 is 1.29 bits per heavy atom. The molecule has 1 heterocycles. The lowest BCUT2D eigenvalue weighted by Crippen LogP contribution is -2.33. The number of nitrogens with one attached hydrogen (secondary N) is 1. The van der Waals surface area contributed by atoms with E-state index < -0.39 is 11.7 Å². The second-order valence-electron chi connectivity index (χ2n) is 5.11. The van der Waals surface area contributed by atoms with Crippen molar-refractivity contribution in [3.05, 3.63) is 41.2 Å². The van der Waals surface area contributed by atoms with Crippen molar-refractivity contribution < 1.29 is 17.6 Å². The van der Waals surface area contributed by atoms with E-state index in [1.165, 1.54) is 12.1 Å². The normalized spacial score (nSPS) is 17.6. The van der Waals surface area contributed by atoms with E-state index in [1.807, 2.05) is 6.92 Å². The minimum Gasteiger partial charge on any atom is -0.367 e. The van der Waals surface area contributed by atoms with Crippen molar-refractivity contribution in [1.82, 2.24) is 5.32 Å². The molecule has 116 valence electrons. The fraction of sp³-hybridized carbons (Fsp3) is 0.467. The zero-order valence-corrected chi connectivity index (χ0v) is 12.0. The van der Waals surface area contributed by atoms with Crippen LogP contribution in [0, 0.1) is 5.82 Å². The molecule has 0 amide bonds. The number of hydrogen-bond acceptors (Lipinski definition) is 2. The topological polar surface area (TPSA) is 15.3 Å². The van der Waals surface area contributed by atoms with Gasteiger partial charge in [0.1, 0.15) is 5.82 Å². The van der Waals surface area contributed by atoms with Crippen LogP contribution >= 0.6 is 0 Å². The molecule has 0 saturated heterocycles. The summed E-state index contributed by atoms with van der Waals surface area (Å²) in [5.74, 6) is -0.347. The van der Waals surface area contributed by atoms with Gasteiger partial charge in [0.15, 0.2) is 0 Å². The number of anilines is 1. The highest BCUT2D eigenvalue weighted by atomic mass is 19.4. The van der Waals surface area contributed by atoms with E-state index in [-0.39, 0.29) is 31.4 Å². The molecule has 0 spiro atoms. The lowest BCUT2D eigenvalue weighted by atomic mass is 10.0. The predicted octanol–water partition coefficient (Wildman–Crippen LogP) is 3.80. The monoisotopic (exact) mass is 302 g/mol. The highest BCUT2D eigenvalue weighted by Crippen LogP contribution is 2.34. The van der Waals surface area contributed by atoms with Gasteiger partial charge in [0.25, 0.3) is 0 Å². The van der Waals surface area contributed by atoms with Gasteiger partial charge in [0.2, 0.25) is 0 Å². The first kappa shape index (κ1) is 15.8. The van der Waals surface area contributed by atoms with Gasteiger partial charge in [-0.25, -0.2) is 4.39 Å². The molecule has 1 N–H and O–H groups in total. The molecule has 1 aromatic carbocycles. The average molecular weight is 302 g/mol. The SMILES string of the molecule is CNC(C)c1c(F)cccc1N1CC=C(C(F)(F)F)CC1. The van der Waals surface area contributed by atoms with Crippen LogP contribution in [0.3, 0.4) is 0 Å². The van der Waals surface area contributed by atoms with Crippen LogP contribution in [0.15, 0.2) is 29.8 Å². The minimum absolute atomic E-state index is 0.0760. The molecule has 0 aromatic heterocycles. The summed E-state index contributed by atoms with van der Waals surface area (Å²) in [6.45, 7) is 2.20. The summed E-state index contributed by atoms with van der Waals surface area (Å²) in [7, 11) is 1.72. The summed E-state index contributed by atoms with van der Waals surface area (Å²) < 4.78 is 52.0. The van der Waals surface area contributed by atoms with E-state index in [0.29, 0.717) is 11.3 Å². The summed E-state index contributed by atoms with van der Waals surface area (Å²) in [5, 5.41) is 2.97. The van der Waals surface area contributed by atoms with Crippen molar-refractivity contribution in [3.8, 4) is 0 Å². The van der Waals surface area contributed by atoms with Crippen molar-refractivity contribution in [2.24, 2.45) is 0 Å². The Labute approximate surface area is 121 Å². The highest BCUT2D eigenvalue weighted by molar-refractivity contribution is 5.57. The van der Waals surface area contributed by atoms with Crippen LogP contribution in [0.25, 0.3) is 0 Å². The van der Waals surface area contributed by atoms with Gasteiger partial charge in [-0.2, -0.15) is 13.2 Å². The molecule has 1 aromatic rings. The van der Waals surface area contributed by atoms with E-state index in [0.717, 1.165) is 0 Å². The number of benzene rings is 1. The van der Waals surface area contributed by atoms with Gasteiger partial charge in [-0.1, -0.05) is 12.1 Å². The molecule has 1 atom stereocenters. The predicted molar refractivity (Wildman–Crippen MR) is 74.8 cm³/mol. The fourth-order valence-corrected chi connectivity index (χ4v) is 2.52. The van der Waals surface area contributed by atoms with Crippen LogP contribution in [0.2, 0.25) is 0 Å². The highest BCUT2D eigenvalue weighted by Gasteiger charge is 2.35. The third-order valence-corrected chi connectivity index (χ3v) is 3.81. The quantitative estimate of drug-likeness (QED) is 0.675. The maximum atomic E-state index is 14.0. The molecule has 0 bridgehead atoms. The van der Waals surface area contributed by atoms with Crippen molar-refractivity contribution in [2.45, 2.75) is 25.6 Å². The third kappa shape index (κ3) is 3.37. The average Bonchev–Trinajstić information content (AvgIpc) is 2.45. The van der Waals surface area contributed by atoms with E-state index in [1.54, 1.807) is 24.1 Å². The van der Waals surface area contributed by atoms with Crippen LogP contribution in [0.5, 0.6) is 0 Å². The molecule has 21 heavy (non-hydrogen) atoms. The lowest BCUT2D eigenvalue weighted by molar-refractivity contribution is -0.0944. The summed E-state index contributed by atoms with van der Waals surface area (Å²) in [5.41, 5.74) is 0.636. The molecule has 2 rings (SSSR count). The molecule has 1 aliphatic rings. The van der Waals surface area contributed by atoms with Gasteiger partial charge < -0.3 is 10.2 Å². The lowest BCUT2D eigenvalue weighted by Gasteiger charge is -2.32. The van der Waals surface area contributed by atoms with Gasteiger partial charge in [0, 0.05) is 36.0 Å². The maximum Gasteiger partial charge on any atom is 0.412 e. The number of rotatable bonds is 3. The van der Waals surface area contributed by atoms with Crippen LogP contribution in [0.4, 0.5) is 23.2 Å². The largest absolute Gasteiger partial charge is 0.412 e. The smallest absolute Gasteiger partial charge is 0.367 e. The summed E-state index contributed by atoms with van der Waals surface area (Å²) in [6.07, 6.45) is -3.16. The Bertz CT molecular complexity index is 537. The molecule has 1 unspecified atom stereocenters. The van der Waals surface area contributed by atoms with E-state index in [4.69, 9.17) is 0 Å². The zero-order valence-electron chi connectivity index (χ0n) is 12.0. The Kier molecular flexibility index (Phi) is 4.56. The summed E-state index contributed by atoms with van der Waals surface area (Å²) in [6, 6.07) is 4.49. The van der Waals surface area contributed by atoms with E-state index in [9.17, 15) is 17.6 Å². The number of halogens is 4. The second-order valence-corrected chi connectivity index (χ2v) is 5.11. The van der Waals surface area contributed by atoms with Crippen molar-refractivity contribution in [1.29, 1.82) is 0 Å². The number of hydrogen-bond donors (Lipinski definition) is 1. The van der Waals surface area contributed by atoms with Crippen molar-refractivity contribution >= 4 is 5.69 Å². The van der Waals surface area contributed by atoms with Gasteiger partial charge in [-0.05, 0) is 32.5 Å². The molecule has 0 radical (unpaired) electrons. The van der Waals surface area contributed by atoms with Crippen LogP contribution < -0.4 is 10.2 Å². The number of nitrogens with zero attached hydrogens (tertiary/aromatic N) is 1. The molecular weight excluding hydrogens is 284 g/mol. The first-order chi connectivity index (χ1) is 9.84. The summed E-state index contributed by atoms with van der Waals surface area (Å²) >= 11 is 0. The molecule has 0 fully saturated rings. The molecule has 1 aliphatic heterocycles. The Hall–Kier alpha value is -1.56. The molecule has 0 saturated carbocycles. The van der Waals surface area contributed by atoms with E-state index in [2.05, 4.69) is 5.32 Å². The Morgan fingerprint density at radius 3 is 2.52 bits per heavy atom. The Morgan fingerprint density at radius 2 is 2.00 bits per heavy atom. The standard InChI is InChI=1S/C15H18F4N2/c1-10(20-2)14-12(16)4-3-5-13(14)21-8-6-11(7-9-21)15(17,18)19/h3-6,10,20H,7-9H2,1-2H3. The molecule has 0 aliphatic carbocycles. The fourth-order valence-electron chi connectivity index (χ4n) is 2.52.